The van der Waals surface area contributed by atoms with E-state index in [1.54, 1.807) is 0 Å². The SMILES string of the molecule is O=[PH](O)CC(CC(F)(F)C(F)(F)C(F)(F)F)CC(F)(F)C(F)(F)C(F)(F)F. The third kappa shape index (κ3) is 5.61. The van der Waals surface area contributed by atoms with Crippen LogP contribution in [0.4, 0.5) is 61.5 Å². The normalized spacial score (nSPS) is 16.7. The molecule has 0 aliphatic heterocycles. The maximum absolute atomic E-state index is 13.2. The van der Waals surface area contributed by atoms with E-state index in [-0.39, 0.29) is 0 Å². The van der Waals surface area contributed by atoms with Crippen LogP contribution in [0.3, 0.4) is 0 Å². The van der Waals surface area contributed by atoms with Gasteiger partial charge >= 0.3 is 36.0 Å². The van der Waals surface area contributed by atoms with Crippen molar-refractivity contribution in [2.45, 2.75) is 48.9 Å². The second-order valence-corrected chi connectivity index (χ2v) is 6.62. The van der Waals surface area contributed by atoms with E-state index >= 15 is 0 Å². The highest BCUT2D eigenvalue weighted by molar-refractivity contribution is 7.38. The highest BCUT2D eigenvalue weighted by atomic mass is 31.1. The molecule has 1 unspecified atom stereocenters. The summed E-state index contributed by atoms with van der Waals surface area (Å²) in [5.41, 5.74) is 0. The number of hydrogen-bond acceptors (Lipinski definition) is 1. The van der Waals surface area contributed by atoms with Crippen molar-refractivity contribution < 1.29 is 70.9 Å². The van der Waals surface area contributed by atoms with Crippen LogP contribution in [0.25, 0.3) is 0 Å². The fourth-order valence-electron chi connectivity index (χ4n) is 1.86. The lowest BCUT2D eigenvalue weighted by atomic mass is 9.90. The van der Waals surface area contributed by atoms with Crippen LogP contribution in [0.1, 0.15) is 12.8 Å². The summed E-state index contributed by atoms with van der Waals surface area (Å²) < 4.78 is 186. The van der Waals surface area contributed by atoms with Gasteiger partial charge in [-0.15, -0.1) is 0 Å². The molecule has 0 heterocycles. The van der Waals surface area contributed by atoms with Crippen molar-refractivity contribution >= 4 is 8.03 Å². The van der Waals surface area contributed by atoms with E-state index in [9.17, 15) is 66.0 Å². The van der Waals surface area contributed by atoms with Crippen LogP contribution in [0.15, 0.2) is 0 Å². The fraction of sp³-hybridized carbons (Fsp3) is 1.00. The van der Waals surface area contributed by atoms with Crippen LogP contribution in [0, 0.1) is 5.92 Å². The molecule has 164 valence electrons. The molecule has 17 heteroatoms. The van der Waals surface area contributed by atoms with Crippen molar-refractivity contribution in [3.63, 3.8) is 0 Å². The molecule has 0 amide bonds. The van der Waals surface area contributed by atoms with E-state index in [1.807, 2.05) is 0 Å². The van der Waals surface area contributed by atoms with Gasteiger partial charge in [0.05, 0.1) is 0 Å². The lowest BCUT2D eigenvalue weighted by molar-refractivity contribution is -0.364. The van der Waals surface area contributed by atoms with Crippen LogP contribution in [0.2, 0.25) is 0 Å². The zero-order chi connectivity index (χ0) is 22.3. The quantitative estimate of drug-likeness (QED) is 0.385. The summed E-state index contributed by atoms with van der Waals surface area (Å²) in [6, 6.07) is 0. The van der Waals surface area contributed by atoms with Gasteiger partial charge < -0.3 is 4.89 Å². The number of hydrogen-bond donors (Lipinski definition) is 1. The Bertz CT molecular complexity index is 497. The smallest absolute Gasteiger partial charge is 0.346 e. The molecule has 0 saturated heterocycles. The van der Waals surface area contributed by atoms with Crippen LogP contribution >= 0.6 is 8.03 Å². The molecule has 0 saturated carbocycles. The molecule has 2 nitrogen and oxygen atoms in total. The van der Waals surface area contributed by atoms with Gasteiger partial charge in [-0.05, 0) is 5.92 Å². The van der Waals surface area contributed by atoms with Crippen LogP contribution in [-0.2, 0) is 4.57 Å². The second-order valence-electron chi connectivity index (χ2n) is 5.43. The summed E-state index contributed by atoms with van der Waals surface area (Å²) in [5.74, 6) is -29.4. The average molecular weight is 458 g/mol. The minimum absolute atomic E-state index is 1.92. The molecule has 0 radical (unpaired) electrons. The van der Waals surface area contributed by atoms with Gasteiger partial charge in [0, 0.05) is 19.0 Å². The zero-order valence-electron chi connectivity index (χ0n) is 12.3. The minimum atomic E-state index is -6.93. The van der Waals surface area contributed by atoms with Crippen molar-refractivity contribution in [3.05, 3.63) is 0 Å². The lowest BCUT2D eigenvalue weighted by Crippen LogP contribution is -2.55. The number of alkyl halides is 14. The molecule has 27 heavy (non-hydrogen) atoms. The predicted octanol–water partition coefficient (Wildman–Crippen LogP) is 5.52. The Balaban J connectivity index is 5.82. The van der Waals surface area contributed by atoms with E-state index in [1.165, 1.54) is 0 Å². The Morgan fingerprint density at radius 3 is 1.07 bits per heavy atom. The number of halogens is 14. The molecule has 0 aromatic heterocycles. The molecule has 0 fully saturated rings. The Labute approximate surface area is 141 Å². The monoisotopic (exact) mass is 458 g/mol. The Morgan fingerprint density at radius 2 is 0.889 bits per heavy atom. The highest BCUT2D eigenvalue weighted by Gasteiger charge is 2.75. The third-order valence-corrected chi connectivity index (χ3v) is 4.11. The molecule has 0 aromatic carbocycles. The van der Waals surface area contributed by atoms with Crippen LogP contribution < -0.4 is 0 Å². The van der Waals surface area contributed by atoms with Gasteiger partial charge in [-0.2, -0.15) is 61.5 Å². The van der Waals surface area contributed by atoms with E-state index in [0.717, 1.165) is 0 Å². The molecular weight excluding hydrogens is 449 g/mol. The molecule has 0 rings (SSSR count). The standard InChI is InChI=1S/C10H9F14O2P/c11-5(12,7(15,16)9(19,20)21)1-4(3-27(25)26)2-6(13,14)8(17,18)10(22,23)24/h4,27H,1-3H2,(H,25,26). The van der Waals surface area contributed by atoms with Crippen molar-refractivity contribution in [2.24, 2.45) is 5.92 Å². The summed E-state index contributed by atoms with van der Waals surface area (Å²) in [6.07, 6.45) is -21.8. The number of rotatable bonds is 8. The second kappa shape index (κ2) is 7.56. The first-order valence-corrected chi connectivity index (χ1v) is 7.92. The summed E-state index contributed by atoms with van der Waals surface area (Å²) in [5, 5.41) is 0. The fourth-order valence-corrected chi connectivity index (χ4v) is 2.64. The molecular formula is C10H9F14O2P. The minimum Gasteiger partial charge on any atom is -0.346 e. The van der Waals surface area contributed by atoms with Crippen molar-refractivity contribution in [3.8, 4) is 0 Å². The first-order chi connectivity index (χ1) is 11.5. The molecule has 0 spiro atoms. The summed E-state index contributed by atoms with van der Waals surface area (Å²) >= 11 is 0. The zero-order valence-corrected chi connectivity index (χ0v) is 13.3. The molecule has 0 bridgehead atoms. The van der Waals surface area contributed by atoms with Crippen LogP contribution in [-0.4, -0.2) is 47.1 Å². The van der Waals surface area contributed by atoms with Crippen molar-refractivity contribution in [1.82, 2.24) is 0 Å². The Morgan fingerprint density at radius 1 is 0.630 bits per heavy atom. The van der Waals surface area contributed by atoms with E-state index in [4.69, 9.17) is 4.89 Å². The van der Waals surface area contributed by atoms with Gasteiger partial charge in [-0.25, -0.2) is 0 Å². The highest BCUT2D eigenvalue weighted by Crippen LogP contribution is 2.53. The van der Waals surface area contributed by atoms with Crippen LogP contribution in [0.5, 0.6) is 0 Å². The maximum Gasteiger partial charge on any atom is 0.459 e. The Kier molecular flexibility index (Phi) is 7.34. The first-order valence-electron chi connectivity index (χ1n) is 6.36. The van der Waals surface area contributed by atoms with Crippen molar-refractivity contribution in [2.75, 3.05) is 6.16 Å². The van der Waals surface area contributed by atoms with Gasteiger partial charge in [-0.1, -0.05) is 0 Å². The van der Waals surface area contributed by atoms with E-state index in [0.29, 0.717) is 0 Å². The molecule has 0 aromatic rings. The summed E-state index contributed by atoms with van der Waals surface area (Å²) in [7, 11) is -4.21. The summed E-state index contributed by atoms with van der Waals surface area (Å²) in [6.45, 7) is 0. The van der Waals surface area contributed by atoms with Gasteiger partial charge in [0.1, 0.15) is 0 Å². The first kappa shape index (κ1) is 26.2. The summed E-state index contributed by atoms with van der Waals surface area (Å²) in [4.78, 5) is 8.48. The molecule has 1 atom stereocenters. The van der Waals surface area contributed by atoms with Gasteiger partial charge in [0.2, 0.25) is 0 Å². The predicted molar refractivity (Wildman–Crippen MR) is 60.7 cm³/mol. The van der Waals surface area contributed by atoms with Gasteiger partial charge in [0.15, 0.2) is 8.03 Å². The van der Waals surface area contributed by atoms with Gasteiger partial charge in [0.25, 0.3) is 0 Å². The van der Waals surface area contributed by atoms with Crippen molar-refractivity contribution in [1.29, 1.82) is 0 Å². The largest absolute Gasteiger partial charge is 0.459 e. The lowest BCUT2D eigenvalue weighted by Gasteiger charge is -2.34. The third-order valence-electron chi connectivity index (χ3n) is 3.18. The molecule has 0 aliphatic carbocycles. The van der Waals surface area contributed by atoms with Gasteiger partial charge in [-0.3, -0.25) is 4.57 Å². The molecule has 0 aliphatic rings. The van der Waals surface area contributed by atoms with E-state index in [2.05, 4.69) is 0 Å². The topological polar surface area (TPSA) is 37.3 Å². The van der Waals surface area contributed by atoms with E-state index < -0.39 is 69.0 Å². The maximum atomic E-state index is 13.2. The molecule has 1 N–H and O–H groups in total. The Hall–Kier alpha value is -0.790. The average Bonchev–Trinajstić information content (AvgIpc) is 2.33.